The van der Waals surface area contributed by atoms with Gasteiger partial charge in [-0.25, -0.2) is 0 Å². The van der Waals surface area contributed by atoms with Crippen molar-refractivity contribution in [1.82, 2.24) is 5.32 Å². The Morgan fingerprint density at radius 3 is 2.81 bits per heavy atom. The molecular weight excluding hydrogens is 208 g/mol. The largest absolute Gasteiger partial charge is 0.464 e. The molecular formula is C11H10N2O3. The van der Waals surface area contributed by atoms with E-state index in [1.807, 2.05) is 24.3 Å². The van der Waals surface area contributed by atoms with Gasteiger partial charge in [0.05, 0.1) is 6.26 Å². The van der Waals surface area contributed by atoms with E-state index >= 15 is 0 Å². The van der Waals surface area contributed by atoms with Crippen molar-refractivity contribution in [2.24, 2.45) is 5.73 Å². The van der Waals surface area contributed by atoms with E-state index in [2.05, 4.69) is 5.32 Å². The van der Waals surface area contributed by atoms with Crippen molar-refractivity contribution < 1.29 is 14.0 Å². The van der Waals surface area contributed by atoms with Crippen LogP contribution in [0.15, 0.2) is 34.9 Å². The molecule has 0 bridgehead atoms. The van der Waals surface area contributed by atoms with Gasteiger partial charge < -0.3 is 15.5 Å². The second-order valence-electron chi connectivity index (χ2n) is 3.30. The maximum atomic E-state index is 11.0. The Morgan fingerprint density at radius 2 is 2.06 bits per heavy atom. The summed E-state index contributed by atoms with van der Waals surface area (Å²) >= 11 is 0. The lowest BCUT2D eigenvalue weighted by atomic mass is 10.2. The molecule has 0 fully saturated rings. The number of nitrogens with two attached hydrogens (primary N) is 1. The molecule has 2 amide bonds. The molecule has 2 aromatic rings. The third-order valence-electron chi connectivity index (χ3n) is 2.22. The molecule has 1 heterocycles. The molecule has 5 nitrogen and oxygen atoms in total. The summed E-state index contributed by atoms with van der Waals surface area (Å²) in [6.07, 6.45) is 1.55. The second-order valence-corrected chi connectivity index (χ2v) is 3.30. The van der Waals surface area contributed by atoms with E-state index in [4.69, 9.17) is 10.2 Å². The van der Waals surface area contributed by atoms with Gasteiger partial charge in [0, 0.05) is 17.5 Å². The maximum absolute atomic E-state index is 11.0. The minimum absolute atomic E-state index is 0.221. The number of benzene rings is 1. The van der Waals surface area contributed by atoms with E-state index in [-0.39, 0.29) is 6.54 Å². The number of hydrogen-bond acceptors (Lipinski definition) is 3. The van der Waals surface area contributed by atoms with E-state index in [1.165, 1.54) is 0 Å². The van der Waals surface area contributed by atoms with E-state index in [0.29, 0.717) is 0 Å². The zero-order valence-corrected chi connectivity index (χ0v) is 8.40. The van der Waals surface area contributed by atoms with Gasteiger partial charge in [-0.1, -0.05) is 18.2 Å². The van der Waals surface area contributed by atoms with Gasteiger partial charge in [-0.05, 0) is 6.07 Å². The number of para-hydroxylation sites is 1. The fraction of sp³-hybridized carbons (Fsp3) is 0.0909. The van der Waals surface area contributed by atoms with Crippen molar-refractivity contribution in [3.63, 3.8) is 0 Å². The van der Waals surface area contributed by atoms with Gasteiger partial charge in [0.25, 0.3) is 0 Å². The van der Waals surface area contributed by atoms with E-state index < -0.39 is 11.8 Å². The van der Waals surface area contributed by atoms with Crippen molar-refractivity contribution in [2.45, 2.75) is 6.54 Å². The summed E-state index contributed by atoms with van der Waals surface area (Å²) in [5, 5.41) is 3.31. The van der Waals surface area contributed by atoms with Crippen LogP contribution in [-0.4, -0.2) is 11.8 Å². The molecule has 0 aliphatic rings. The van der Waals surface area contributed by atoms with E-state index in [1.54, 1.807) is 6.26 Å². The van der Waals surface area contributed by atoms with Crippen LogP contribution in [0.3, 0.4) is 0 Å². The Bertz CT molecular complexity index is 545. The standard InChI is InChI=1S/C11H10N2O3/c12-10(14)11(15)13-5-7-6-16-9-4-2-1-3-8(7)9/h1-4,6H,5H2,(H2,12,14)(H,13,15). The number of carbonyl (C=O) groups is 2. The van der Waals surface area contributed by atoms with Crippen LogP contribution in [0.25, 0.3) is 11.0 Å². The van der Waals surface area contributed by atoms with Gasteiger partial charge in [-0.2, -0.15) is 0 Å². The van der Waals surface area contributed by atoms with Crippen molar-refractivity contribution in [3.05, 3.63) is 36.1 Å². The smallest absolute Gasteiger partial charge is 0.309 e. The van der Waals surface area contributed by atoms with Crippen LogP contribution in [-0.2, 0) is 16.1 Å². The Balaban J connectivity index is 2.16. The summed E-state index contributed by atoms with van der Waals surface area (Å²) in [5.41, 5.74) is 6.37. The second kappa shape index (κ2) is 4.06. The number of nitrogens with one attached hydrogen (secondary N) is 1. The number of rotatable bonds is 2. The molecule has 1 aromatic heterocycles. The lowest BCUT2D eigenvalue weighted by Crippen LogP contribution is -2.35. The highest BCUT2D eigenvalue weighted by molar-refractivity contribution is 6.34. The van der Waals surface area contributed by atoms with Gasteiger partial charge in [0.1, 0.15) is 5.58 Å². The lowest BCUT2D eigenvalue weighted by molar-refractivity contribution is -0.137. The van der Waals surface area contributed by atoms with Gasteiger partial charge in [-0.3, -0.25) is 9.59 Å². The normalized spacial score (nSPS) is 10.2. The summed E-state index contributed by atoms with van der Waals surface area (Å²) in [4.78, 5) is 21.5. The molecule has 82 valence electrons. The fourth-order valence-corrected chi connectivity index (χ4v) is 1.43. The third kappa shape index (κ3) is 1.88. The molecule has 0 spiro atoms. The van der Waals surface area contributed by atoms with Crippen LogP contribution >= 0.6 is 0 Å². The first-order chi connectivity index (χ1) is 7.68. The Kier molecular flexibility index (Phi) is 2.59. The number of furan rings is 1. The van der Waals surface area contributed by atoms with Crippen molar-refractivity contribution >= 4 is 22.8 Å². The molecule has 0 radical (unpaired) electrons. The molecule has 3 N–H and O–H groups in total. The summed E-state index contributed by atoms with van der Waals surface area (Å²) in [5.74, 6) is -1.79. The summed E-state index contributed by atoms with van der Waals surface area (Å²) in [7, 11) is 0. The van der Waals surface area contributed by atoms with Crippen LogP contribution in [0, 0.1) is 0 Å². The average Bonchev–Trinajstić information content (AvgIpc) is 2.69. The highest BCUT2D eigenvalue weighted by Crippen LogP contribution is 2.20. The average molecular weight is 218 g/mol. The maximum Gasteiger partial charge on any atom is 0.309 e. The van der Waals surface area contributed by atoms with Crippen molar-refractivity contribution in [2.75, 3.05) is 0 Å². The number of amides is 2. The minimum Gasteiger partial charge on any atom is -0.464 e. The summed E-state index contributed by atoms with van der Waals surface area (Å²) in [6.45, 7) is 0.221. The zero-order valence-electron chi connectivity index (χ0n) is 8.40. The predicted molar refractivity (Wildman–Crippen MR) is 57.3 cm³/mol. The van der Waals surface area contributed by atoms with Crippen LogP contribution in [0.4, 0.5) is 0 Å². The Labute approximate surface area is 91.2 Å². The lowest BCUT2D eigenvalue weighted by Gasteiger charge is -1.99. The molecule has 0 atom stereocenters. The Hall–Kier alpha value is -2.30. The topological polar surface area (TPSA) is 85.3 Å². The molecule has 0 saturated heterocycles. The van der Waals surface area contributed by atoms with Gasteiger partial charge in [-0.15, -0.1) is 0 Å². The quantitative estimate of drug-likeness (QED) is 0.721. The number of hydrogen-bond donors (Lipinski definition) is 2. The van der Waals surface area contributed by atoms with E-state index in [0.717, 1.165) is 16.5 Å². The predicted octanol–water partition coefficient (Wildman–Crippen LogP) is 0.534. The molecule has 0 aliphatic carbocycles. The first-order valence-electron chi connectivity index (χ1n) is 4.71. The summed E-state index contributed by atoms with van der Waals surface area (Å²) < 4.78 is 5.27. The molecule has 0 saturated carbocycles. The molecule has 1 aromatic carbocycles. The first-order valence-corrected chi connectivity index (χ1v) is 4.71. The third-order valence-corrected chi connectivity index (χ3v) is 2.22. The highest BCUT2D eigenvalue weighted by Gasteiger charge is 2.10. The highest BCUT2D eigenvalue weighted by atomic mass is 16.3. The minimum atomic E-state index is -0.993. The fourth-order valence-electron chi connectivity index (χ4n) is 1.43. The van der Waals surface area contributed by atoms with Gasteiger partial charge in [0.15, 0.2) is 0 Å². The van der Waals surface area contributed by atoms with Gasteiger partial charge >= 0.3 is 11.8 Å². The van der Waals surface area contributed by atoms with Crippen LogP contribution in [0.2, 0.25) is 0 Å². The molecule has 2 rings (SSSR count). The van der Waals surface area contributed by atoms with E-state index in [9.17, 15) is 9.59 Å². The summed E-state index contributed by atoms with van der Waals surface area (Å²) in [6, 6.07) is 7.44. The number of carbonyl (C=O) groups excluding carboxylic acids is 2. The molecule has 0 aliphatic heterocycles. The first kappa shape index (κ1) is 10.2. The molecule has 5 heteroatoms. The SMILES string of the molecule is NC(=O)C(=O)NCc1coc2ccccc12. The van der Waals surface area contributed by atoms with Crippen LogP contribution in [0.1, 0.15) is 5.56 Å². The monoisotopic (exact) mass is 218 g/mol. The molecule has 0 unspecified atom stereocenters. The van der Waals surface area contributed by atoms with Gasteiger partial charge in [0.2, 0.25) is 0 Å². The number of fused-ring (bicyclic) bond motifs is 1. The van der Waals surface area contributed by atoms with Crippen molar-refractivity contribution in [3.8, 4) is 0 Å². The van der Waals surface area contributed by atoms with Crippen molar-refractivity contribution in [1.29, 1.82) is 0 Å². The number of primary amides is 1. The zero-order chi connectivity index (χ0) is 11.5. The molecule has 16 heavy (non-hydrogen) atoms. The van der Waals surface area contributed by atoms with Crippen LogP contribution in [0.5, 0.6) is 0 Å². The Morgan fingerprint density at radius 1 is 1.31 bits per heavy atom. The van der Waals surface area contributed by atoms with Crippen LogP contribution < -0.4 is 11.1 Å².